The van der Waals surface area contributed by atoms with Crippen molar-refractivity contribution in [2.24, 2.45) is 7.05 Å². The number of rotatable bonds is 4. The quantitative estimate of drug-likeness (QED) is 0.537. The Morgan fingerprint density at radius 2 is 1.69 bits per heavy atom. The van der Waals surface area contributed by atoms with Crippen LogP contribution in [0.3, 0.4) is 0 Å². The molecule has 8 nitrogen and oxygen atoms in total. The predicted octanol–water partition coefficient (Wildman–Crippen LogP) is 2.13. The summed E-state index contributed by atoms with van der Waals surface area (Å²) in [5, 5.41) is 0.568. The van der Waals surface area contributed by atoms with Crippen LogP contribution in [0.25, 0.3) is 16.6 Å². The molecule has 2 aromatic heterocycles. The molecule has 0 aliphatic heterocycles. The standard InChI is InChI=1S/C20H18N4O4S/c1-13-19(20(26)24(23(13)2)15-6-4-3-5-7-15)22-29(27,28)16-9-10-17-14(12-16)8-11-18(25)21-17/h3-12,22H,1-2H3,(H,21,25). The van der Waals surface area contributed by atoms with Gasteiger partial charge in [-0.25, -0.2) is 13.1 Å². The number of pyridine rings is 1. The van der Waals surface area contributed by atoms with E-state index in [1.54, 1.807) is 49.0 Å². The number of anilines is 1. The van der Waals surface area contributed by atoms with Crippen LogP contribution >= 0.6 is 0 Å². The van der Waals surface area contributed by atoms with Crippen molar-refractivity contribution < 1.29 is 8.42 Å². The number of aromatic amines is 1. The van der Waals surface area contributed by atoms with Gasteiger partial charge in [0.2, 0.25) is 5.56 Å². The van der Waals surface area contributed by atoms with Crippen molar-refractivity contribution >= 4 is 26.6 Å². The first kappa shape index (κ1) is 18.8. The topological polar surface area (TPSA) is 106 Å². The van der Waals surface area contributed by atoms with Gasteiger partial charge >= 0.3 is 0 Å². The lowest BCUT2D eigenvalue weighted by Crippen LogP contribution is -2.23. The first-order valence-corrected chi connectivity index (χ1v) is 10.3. The Morgan fingerprint density at radius 3 is 2.41 bits per heavy atom. The van der Waals surface area contributed by atoms with Crippen molar-refractivity contribution in [2.75, 3.05) is 4.72 Å². The summed E-state index contributed by atoms with van der Waals surface area (Å²) in [6, 6.07) is 16.2. The van der Waals surface area contributed by atoms with Crippen molar-refractivity contribution in [3.63, 3.8) is 0 Å². The molecule has 0 aliphatic carbocycles. The fraction of sp³-hybridized carbons (Fsp3) is 0.100. The third-order valence-corrected chi connectivity index (χ3v) is 6.14. The second-order valence-electron chi connectivity index (χ2n) is 6.61. The van der Waals surface area contributed by atoms with Crippen LogP contribution in [-0.2, 0) is 17.1 Å². The molecule has 0 fully saturated rings. The van der Waals surface area contributed by atoms with Gasteiger partial charge in [0.05, 0.1) is 16.3 Å². The van der Waals surface area contributed by atoms with Crippen LogP contribution < -0.4 is 15.8 Å². The maximum absolute atomic E-state index is 12.9. The number of sulfonamides is 1. The van der Waals surface area contributed by atoms with Crippen molar-refractivity contribution in [1.82, 2.24) is 14.3 Å². The molecule has 2 N–H and O–H groups in total. The second kappa shape index (κ2) is 6.78. The monoisotopic (exact) mass is 410 g/mol. The van der Waals surface area contributed by atoms with Gasteiger partial charge < -0.3 is 4.98 Å². The predicted molar refractivity (Wildman–Crippen MR) is 111 cm³/mol. The van der Waals surface area contributed by atoms with Crippen molar-refractivity contribution in [1.29, 1.82) is 0 Å². The Balaban J connectivity index is 1.79. The number of aromatic nitrogens is 3. The molecule has 4 rings (SSSR count). The molecule has 0 aliphatic rings. The van der Waals surface area contributed by atoms with E-state index in [2.05, 4.69) is 9.71 Å². The van der Waals surface area contributed by atoms with Crippen LogP contribution in [0, 0.1) is 6.92 Å². The normalized spacial score (nSPS) is 11.7. The highest BCUT2D eigenvalue weighted by Gasteiger charge is 2.22. The van der Waals surface area contributed by atoms with E-state index >= 15 is 0 Å². The highest BCUT2D eigenvalue weighted by Crippen LogP contribution is 2.21. The first-order valence-electron chi connectivity index (χ1n) is 8.78. The molecule has 148 valence electrons. The highest BCUT2D eigenvalue weighted by atomic mass is 32.2. The van der Waals surface area contributed by atoms with Crippen molar-refractivity contribution in [3.8, 4) is 5.69 Å². The van der Waals surface area contributed by atoms with Crippen LogP contribution in [0.1, 0.15) is 5.69 Å². The molecule has 2 aromatic carbocycles. The van der Waals surface area contributed by atoms with Crippen LogP contribution in [0.5, 0.6) is 0 Å². The van der Waals surface area contributed by atoms with Crippen molar-refractivity contribution in [3.05, 3.63) is 87.1 Å². The Hall–Kier alpha value is -3.59. The largest absolute Gasteiger partial charge is 0.322 e. The Kier molecular flexibility index (Phi) is 4.39. The average molecular weight is 410 g/mol. The van der Waals surface area contributed by atoms with Crippen LogP contribution in [0.15, 0.2) is 75.1 Å². The van der Waals surface area contributed by atoms with Gasteiger partial charge in [-0.05, 0) is 48.7 Å². The van der Waals surface area contributed by atoms with Gasteiger partial charge in [0.25, 0.3) is 15.6 Å². The van der Waals surface area contributed by atoms with E-state index < -0.39 is 15.6 Å². The fourth-order valence-corrected chi connectivity index (χ4v) is 4.33. The molecule has 0 bridgehead atoms. The number of nitrogens with zero attached hydrogens (tertiary/aromatic N) is 2. The Morgan fingerprint density at radius 1 is 0.966 bits per heavy atom. The molecule has 0 atom stereocenters. The number of hydrogen-bond donors (Lipinski definition) is 2. The maximum Gasteiger partial charge on any atom is 0.296 e. The zero-order valence-corrected chi connectivity index (χ0v) is 16.5. The zero-order chi connectivity index (χ0) is 20.8. The van der Waals surface area contributed by atoms with Gasteiger partial charge in [0, 0.05) is 18.6 Å². The third-order valence-electron chi connectivity index (χ3n) is 4.80. The van der Waals surface area contributed by atoms with E-state index in [-0.39, 0.29) is 16.1 Å². The summed E-state index contributed by atoms with van der Waals surface area (Å²) in [6.45, 7) is 1.67. The minimum Gasteiger partial charge on any atom is -0.322 e. The lowest BCUT2D eigenvalue weighted by Gasteiger charge is -2.08. The van der Waals surface area contributed by atoms with Crippen LogP contribution in [0.2, 0.25) is 0 Å². The summed E-state index contributed by atoms with van der Waals surface area (Å²) in [6.07, 6.45) is 0. The molecule has 0 amide bonds. The van der Waals surface area contributed by atoms with Gasteiger partial charge in [-0.3, -0.25) is 19.0 Å². The number of fused-ring (bicyclic) bond motifs is 1. The minimum absolute atomic E-state index is 0.00837. The molecule has 0 unspecified atom stereocenters. The first-order chi connectivity index (χ1) is 13.8. The summed E-state index contributed by atoms with van der Waals surface area (Å²) in [4.78, 5) is 27.0. The fourth-order valence-electron chi connectivity index (χ4n) is 3.18. The molecule has 0 radical (unpaired) electrons. The van der Waals surface area contributed by atoms with E-state index in [9.17, 15) is 18.0 Å². The van der Waals surface area contributed by atoms with Crippen LogP contribution in [0.4, 0.5) is 5.69 Å². The number of para-hydroxylation sites is 1. The lowest BCUT2D eigenvalue weighted by molar-refractivity contribution is 0.601. The molecule has 0 spiro atoms. The van der Waals surface area contributed by atoms with Crippen molar-refractivity contribution in [2.45, 2.75) is 11.8 Å². The Labute approximate surface area is 166 Å². The molecule has 2 heterocycles. The molecule has 29 heavy (non-hydrogen) atoms. The number of H-pyrrole nitrogens is 1. The molecular weight excluding hydrogens is 392 g/mol. The van der Waals surface area contributed by atoms with E-state index in [0.717, 1.165) is 0 Å². The summed E-state index contributed by atoms with van der Waals surface area (Å²) in [5.41, 5.74) is 0.880. The van der Waals surface area contributed by atoms with Gasteiger partial charge in [-0.1, -0.05) is 18.2 Å². The van der Waals surface area contributed by atoms with E-state index in [4.69, 9.17) is 0 Å². The summed E-state index contributed by atoms with van der Waals surface area (Å²) < 4.78 is 31.3. The molecule has 0 saturated heterocycles. The van der Waals surface area contributed by atoms with Gasteiger partial charge in [0.15, 0.2) is 0 Å². The van der Waals surface area contributed by atoms with E-state index in [1.807, 2.05) is 6.07 Å². The van der Waals surface area contributed by atoms with E-state index in [0.29, 0.717) is 22.3 Å². The van der Waals surface area contributed by atoms with E-state index in [1.165, 1.54) is 28.9 Å². The third kappa shape index (κ3) is 3.25. The highest BCUT2D eigenvalue weighted by molar-refractivity contribution is 7.92. The summed E-state index contributed by atoms with van der Waals surface area (Å²) in [7, 11) is -2.33. The van der Waals surface area contributed by atoms with Gasteiger partial charge in [-0.15, -0.1) is 0 Å². The Bertz CT molecular complexity index is 1450. The molecular formula is C20H18N4O4S. The molecule has 4 aromatic rings. The van der Waals surface area contributed by atoms with Crippen LogP contribution in [-0.4, -0.2) is 22.8 Å². The molecule has 9 heteroatoms. The smallest absolute Gasteiger partial charge is 0.296 e. The summed E-state index contributed by atoms with van der Waals surface area (Å²) in [5.74, 6) is 0. The number of benzene rings is 2. The summed E-state index contributed by atoms with van der Waals surface area (Å²) >= 11 is 0. The van der Waals surface area contributed by atoms with Gasteiger partial charge in [0.1, 0.15) is 5.69 Å². The zero-order valence-electron chi connectivity index (χ0n) is 15.7. The average Bonchev–Trinajstić information content (AvgIpc) is 2.91. The second-order valence-corrected chi connectivity index (χ2v) is 8.30. The van der Waals surface area contributed by atoms with Gasteiger partial charge in [-0.2, -0.15) is 0 Å². The molecule has 0 saturated carbocycles. The minimum atomic E-state index is -4.01. The maximum atomic E-state index is 12.9. The number of hydrogen-bond acceptors (Lipinski definition) is 4. The lowest BCUT2D eigenvalue weighted by atomic mass is 10.2. The number of nitrogens with one attached hydrogen (secondary N) is 2. The SMILES string of the molecule is Cc1c(NS(=O)(=O)c2ccc3[nH]c(=O)ccc3c2)c(=O)n(-c2ccccc2)n1C.